The molecule has 7 fully saturated rings. The number of hydrogen-bond acceptors (Lipinski definition) is 8. The number of morpholine rings is 1. The third-order valence-electron chi connectivity index (χ3n) is 16.1. The Bertz CT molecular complexity index is 1120. The minimum Gasteiger partial charge on any atom is -0.390 e. The summed E-state index contributed by atoms with van der Waals surface area (Å²) in [5, 5.41) is 33.2. The van der Waals surface area contributed by atoms with E-state index in [0.29, 0.717) is 41.0 Å². The van der Waals surface area contributed by atoms with Gasteiger partial charge in [0.05, 0.1) is 62.4 Å². The van der Waals surface area contributed by atoms with Gasteiger partial charge in [-0.1, -0.05) is 76.2 Å². The van der Waals surface area contributed by atoms with E-state index in [2.05, 4.69) is 39.5 Å². The summed E-state index contributed by atoms with van der Waals surface area (Å²) in [5.41, 5.74) is -0.432. The van der Waals surface area contributed by atoms with Gasteiger partial charge in [-0.3, -0.25) is 4.90 Å². The van der Waals surface area contributed by atoms with Crippen molar-refractivity contribution in [1.82, 2.24) is 4.90 Å². The van der Waals surface area contributed by atoms with Gasteiger partial charge in [-0.2, -0.15) is 0 Å². The van der Waals surface area contributed by atoms with Crippen LogP contribution in [0.15, 0.2) is 0 Å². The SMILES string of the molecule is CC.CC.CC.CO[C@H]1[C@H]([C@H](C)CC[C@H](O)C(C)(C)O)[C@@]2(C)CC[C@@]34[C@H](C)C35CC[C@H](OC3CN(C6COC6)CCO3)C(C)(C)C5CC[C@H]4C2[C@H]1O. The number of aliphatic hydroxyl groups excluding tert-OH is 2. The minimum atomic E-state index is -1.11. The molecule has 306 valence electrons. The first kappa shape index (κ1) is 44.4. The second-order valence-electron chi connectivity index (χ2n) is 18.5. The van der Waals surface area contributed by atoms with Gasteiger partial charge < -0.3 is 34.3 Å². The fourth-order valence-corrected chi connectivity index (χ4v) is 13.8. The van der Waals surface area contributed by atoms with E-state index in [-0.39, 0.29) is 47.1 Å². The smallest absolute Gasteiger partial charge is 0.170 e. The molecule has 4 unspecified atom stereocenters. The van der Waals surface area contributed by atoms with Crippen LogP contribution in [0.1, 0.15) is 141 Å². The maximum atomic E-state index is 12.2. The highest BCUT2D eigenvalue weighted by atomic mass is 16.7. The summed E-state index contributed by atoms with van der Waals surface area (Å²) in [5.74, 6) is 2.53. The van der Waals surface area contributed by atoms with Crippen LogP contribution in [-0.4, -0.2) is 103 Å². The molecule has 2 saturated heterocycles. The van der Waals surface area contributed by atoms with E-state index in [9.17, 15) is 15.3 Å². The van der Waals surface area contributed by atoms with Crippen LogP contribution >= 0.6 is 0 Å². The van der Waals surface area contributed by atoms with E-state index < -0.39 is 17.8 Å². The van der Waals surface area contributed by atoms with E-state index in [1.165, 1.54) is 25.7 Å². The van der Waals surface area contributed by atoms with E-state index in [4.69, 9.17) is 18.9 Å². The monoisotopic (exact) mass is 738 g/mol. The number of ether oxygens (including phenoxy) is 4. The molecule has 7 aliphatic rings. The fraction of sp³-hybridized carbons (Fsp3) is 1.00. The van der Waals surface area contributed by atoms with Crippen LogP contribution in [-0.2, 0) is 18.9 Å². The summed E-state index contributed by atoms with van der Waals surface area (Å²) in [6, 6.07) is 0.516. The highest BCUT2D eigenvalue weighted by Crippen LogP contribution is 2.89. The van der Waals surface area contributed by atoms with Crippen molar-refractivity contribution in [2.45, 2.75) is 184 Å². The summed E-state index contributed by atoms with van der Waals surface area (Å²) in [4.78, 5) is 2.50. The molecule has 8 nitrogen and oxygen atoms in total. The molecule has 2 heterocycles. The van der Waals surface area contributed by atoms with Crippen molar-refractivity contribution in [3.05, 3.63) is 0 Å². The number of fused-ring (bicyclic) bond motifs is 2. The second-order valence-corrected chi connectivity index (χ2v) is 18.5. The summed E-state index contributed by atoms with van der Waals surface area (Å²) < 4.78 is 24.8. The standard InChI is InChI=1S/C38H65NO7.3C2H6/c1-22(9-12-27(40)35(5,6)42)30-33(43-8)32(41)31-25-10-11-26-34(3,4)28(46-29-19-39(17-18-45-29)24-20-44-21-24)13-14-38(26)23(2)37(25,38)16-15-36(30,31)7;3*1-2/h22-33,40-42H,9-21H2,1-8H3;3*1-2H3/t22-,23+,25+,26?,27+,28+,29?,30+,31?,32-,33+,36-,37+,38?;;;/m1.../s1. The molecular weight excluding hydrogens is 654 g/mol. The third kappa shape index (κ3) is 7.00. The second kappa shape index (κ2) is 17.0. The van der Waals surface area contributed by atoms with Crippen LogP contribution in [0.3, 0.4) is 0 Å². The van der Waals surface area contributed by atoms with Crippen molar-refractivity contribution in [3.63, 3.8) is 0 Å². The summed E-state index contributed by atoms with van der Waals surface area (Å²) >= 11 is 0. The Balaban J connectivity index is 0.000000960. The average Bonchev–Trinajstić information content (AvgIpc) is 3.54. The quantitative estimate of drug-likeness (QED) is 0.219. The lowest BCUT2D eigenvalue weighted by atomic mass is 9.46. The van der Waals surface area contributed by atoms with Crippen LogP contribution in [0, 0.1) is 57.2 Å². The van der Waals surface area contributed by atoms with Gasteiger partial charge in [0.15, 0.2) is 6.29 Å². The van der Waals surface area contributed by atoms with E-state index in [1.54, 1.807) is 21.0 Å². The van der Waals surface area contributed by atoms with Crippen molar-refractivity contribution in [3.8, 4) is 0 Å². The predicted molar refractivity (Wildman–Crippen MR) is 210 cm³/mol. The van der Waals surface area contributed by atoms with Gasteiger partial charge in [0.25, 0.3) is 0 Å². The molecule has 0 aromatic carbocycles. The number of nitrogens with zero attached hydrogens (tertiary/aromatic N) is 1. The zero-order chi connectivity index (χ0) is 39.0. The van der Waals surface area contributed by atoms with E-state index in [1.807, 2.05) is 41.5 Å². The van der Waals surface area contributed by atoms with Crippen LogP contribution < -0.4 is 0 Å². The molecule has 0 aromatic rings. The largest absolute Gasteiger partial charge is 0.390 e. The average molecular weight is 738 g/mol. The molecule has 0 aromatic heterocycles. The Hall–Kier alpha value is -0.320. The summed E-state index contributed by atoms with van der Waals surface area (Å²) in [6.45, 7) is 31.9. The Morgan fingerprint density at radius 2 is 1.58 bits per heavy atom. The maximum Gasteiger partial charge on any atom is 0.170 e. The van der Waals surface area contributed by atoms with Gasteiger partial charge in [-0.15, -0.1) is 0 Å². The Morgan fingerprint density at radius 3 is 2.15 bits per heavy atom. The van der Waals surface area contributed by atoms with Gasteiger partial charge >= 0.3 is 0 Å². The molecular formula is C44H83NO7. The highest BCUT2D eigenvalue weighted by Gasteiger charge is 2.85. The fourth-order valence-electron chi connectivity index (χ4n) is 13.8. The van der Waals surface area contributed by atoms with E-state index >= 15 is 0 Å². The first-order chi connectivity index (χ1) is 24.6. The van der Waals surface area contributed by atoms with Crippen molar-refractivity contribution in [2.24, 2.45) is 57.2 Å². The molecule has 0 bridgehead atoms. The first-order valence-corrected chi connectivity index (χ1v) is 21.8. The lowest BCUT2D eigenvalue weighted by Gasteiger charge is -2.60. The lowest BCUT2D eigenvalue weighted by Crippen LogP contribution is -2.58. The third-order valence-corrected chi connectivity index (χ3v) is 16.1. The maximum absolute atomic E-state index is 12.2. The Morgan fingerprint density at radius 1 is 0.923 bits per heavy atom. The van der Waals surface area contributed by atoms with Crippen LogP contribution in [0.25, 0.3) is 0 Å². The zero-order valence-corrected chi connectivity index (χ0v) is 36.0. The molecule has 2 spiro atoms. The minimum absolute atomic E-state index is 0.00302. The van der Waals surface area contributed by atoms with Gasteiger partial charge in [0.1, 0.15) is 0 Å². The summed E-state index contributed by atoms with van der Waals surface area (Å²) in [6.07, 6.45) is 7.05. The van der Waals surface area contributed by atoms with Crippen molar-refractivity contribution in [1.29, 1.82) is 0 Å². The topological polar surface area (TPSA) is 101 Å². The van der Waals surface area contributed by atoms with Crippen LogP contribution in [0.4, 0.5) is 0 Å². The van der Waals surface area contributed by atoms with Crippen molar-refractivity contribution in [2.75, 3.05) is 40.0 Å². The molecule has 0 radical (unpaired) electrons. The van der Waals surface area contributed by atoms with Gasteiger partial charge in [0.2, 0.25) is 0 Å². The van der Waals surface area contributed by atoms with Crippen LogP contribution in [0.2, 0.25) is 0 Å². The normalized spacial score (nSPS) is 44.6. The number of rotatable bonds is 9. The van der Waals surface area contributed by atoms with Crippen LogP contribution in [0.5, 0.6) is 0 Å². The van der Waals surface area contributed by atoms with Gasteiger partial charge in [-0.25, -0.2) is 0 Å². The Kier molecular flexibility index (Phi) is 14.5. The van der Waals surface area contributed by atoms with E-state index in [0.717, 1.165) is 52.2 Å². The molecule has 52 heavy (non-hydrogen) atoms. The molecule has 8 heteroatoms. The first-order valence-electron chi connectivity index (χ1n) is 21.8. The molecule has 5 aliphatic carbocycles. The van der Waals surface area contributed by atoms with Gasteiger partial charge in [0, 0.05) is 13.7 Å². The molecule has 0 amide bonds. The lowest BCUT2D eigenvalue weighted by molar-refractivity contribution is -0.254. The number of methoxy groups -OCH3 is 1. The number of aliphatic hydroxyl groups is 3. The number of hydrogen-bond donors (Lipinski definition) is 3. The molecule has 3 N–H and O–H groups in total. The predicted octanol–water partition coefficient (Wildman–Crippen LogP) is 7.95. The molecule has 7 rings (SSSR count). The molecule has 14 atom stereocenters. The van der Waals surface area contributed by atoms with Crippen molar-refractivity contribution >= 4 is 0 Å². The summed E-state index contributed by atoms with van der Waals surface area (Å²) in [7, 11) is 1.78. The van der Waals surface area contributed by atoms with Crippen molar-refractivity contribution < 1.29 is 34.3 Å². The molecule has 2 aliphatic heterocycles. The van der Waals surface area contributed by atoms with Gasteiger partial charge in [-0.05, 0) is 122 Å². The highest BCUT2D eigenvalue weighted by molar-refractivity contribution is 5.33. The zero-order valence-electron chi connectivity index (χ0n) is 36.0. The molecule has 5 saturated carbocycles. The Labute approximate surface area is 319 Å².